The molecule has 4 fully saturated rings. The Morgan fingerprint density at radius 3 is 2.63 bits per heavy atom. The van der Waals surface area contributed by atoms with Crippen molar-refractivity contribution in [1.29, 1.82) is 0 Å². The third-order valence-corrected chi connectivity index (χ3v) is 7.63. The number of hydrogen-bond donors (Lipinski definition) is 2. The van der Waals surface area contributed by atoms with Gasteiger partial charge in [-0.05, 0) is 49.3 Å². The molecule has 3 aliphatic heterocycles. The average molecular weight is 472 g/mol. The predicted molar refractivity (Wildman–Crippen MR) is 130 cm³/mol. The van der Waals surface area contributed by atoms with Gasteiger partial charge in [-0.3, -0.25) is 9.67 Å². The molecule has 2 bridgehead atoms. The number of nitrogens with zero attached hydrogens (tertiary/aromatic N) is 4. The van der Waals surface area contributed by atoms with Gasteiger partial charge in [0.15, 0.2) is 11.6 Å². The number of phenols is 1. The van der Waals surface area contributed by atoms with Crippen molar-refractivity contribution in [2.75, 3.05) is 18.0 Å². The van der Waals surface area contributed by atoms with Crippen LogP contribution >= 0.6 is 0 Å². The van der Waals surface area contributed by atoms with Crippen LogP contribution < -0.4 is 10.2 Å². The number of benzene rings is 2. The third-order valence-electron chi connectivity index (χ3n) is 7.63. The molecule has 0 spiro atoms. The lowest BCUT2D eigenvalue weighted by molar-refractivity contribution is 0.289. The molecular formula is C27H23F2N5O. The number of aromatic hydroxyl groups is 1. The normalized spacial score (nSPS) is 21.7. The van der Waals surface area contributed by atoms with Crippen LogP contribution in [0.15, 0.2) is 30.5 Å². The predicted octanol–water partition coefficient (Wildman–Crippen LogP) is 4.49. The summed E-state index contributed by atoms with van der Waals surface area (Å²) in [6, 6.07) is 6.55. The van der Waals surface area contributed by atoms with Gasteiger partial charge in [-0.2, -0.15) is 5.10 Å². The van der Waals surface area contributed by atoms with Crippen LogP contribution in [0, 0.1) is 24.0 Å². The Hall–Kier alpha value is -3.70. The average Bonchev–Trinajstić information content (AvgIpc) is 3.64. The second-order valence-electron chi connectivity index (χ2n) is 9.83. The molecular weight excluding hydrogens is 448 g/mol. The molecule has 2 N–H and O–H groups in total. The van der Waals surface area contributed by atoms with E-state index < -0.39 is 11.6 Å². The number of fused-ring (bicyclic) bond motifs is 5. The van der Waals surface area contributed by atoms with Gasteiger partial charge in [-0.1, -0.05) is 12.0 Å². The van der Waals surface area contributed by atoms with Crippen molar-refractivity contribution in [3.05, 3.63) is 47.7 Å². The topological polar surface area (TPSA) is 66.2 Å². The highest BCUT2D eigenvalue weighted by Crippen LogP contribution is 2.44. The molecule has 4 aliphatic rings. The van der Waals surface area contributed by atoms with Crippen LogP contribution in [0.1, 0.15) is 37.3 Å². The summed E-state index contributed by atoms with van der Waals surface area (Å²) in [5, 5.41) is 20.4. The van der Waals surface area contributed by atoms with Crippen molar-refractivity contribution in [2.45, 2.75) is 43.8 Å². The summed E-state index contributed by atoms with van der Waals surface area (Å²) in [6.45, 7) is 1.74. The number of piperidine rings is 2. The Bertz CT molecular complexity index is 1560. The van der Waals surface area contributed by atoms with E-state index in [1.807, 2.05) is 0 Å². The van der Waals surface area contributed by atoms with Crippen molar-refractivity contribution in [2.24, 2.45) is 0 Å². The molecule has 1 aliphatic carbocycles. The van der Waals surface area contributed by atoms with Gasteiger partial charge >= 0.3 is 0 Å². The smallest absolute Gasteiger partial charge is 0.175 e. The fourth-order valence-corrected chi connectivity index (χ4v) is 5.78. The highest BCUT2D eigenvalue weighted by molar-refractivity contribution is 6.03. The molecule has 8 heteroatoms. The largest absolute Gasteiger partial charge is 0.508 e. The fraction of sp³-hybridized carbons (Fsp3) is 0.333. The van der Waals surface area contributed by atoms with Gasteiger partial charge in [-0.15, -0.1) is 6.42 Å². The van der Waals surface area contributed by atoms with Crippen LogP contribution in [0.4, 0.5) is 14.6 Å². The molecule has 2 atom stereocenters. The number of hydrogen-bond acceptors (Lipinski definition) is 5. The second kappa shape index (κ2) is 7.40. The van der Waals surface area contributed by atoms with Crippen LogP contribution in [-0.4, -0.2) is 45.0 Å². The zero-order valence-electron chi connectivity index (χ0n) is 18.9. The van der Waals surface area contributed by atoms with Crippen molar-refractivity contribution in [1.82, 2.24) is 20.1 Å². The Morgan fingerprint density at radius 1 is 1.11 bits per heavy atom. The molecule has 2 aromatic heterocycles. The first kappa shape index (κ1) is 20.7. The minimum Gasteiger partial charge on any atom is -0.508 e. The molecule has 176 valence electrons. The summed E-state index contributed by atoms with van der Waals surface area (Å²) in [6.07, 6.45) is 11.4. The lowest BCUT2D eigenvalue weighted by Crippen LogP contribution is -2.61. The van der Waals surface area contributed by atoms with E-state index in [9.17, 15) is 9.50 Å². The van der Waals surface area contributed by atoms with E-state index in [4.69, 9.17) is 11.5 Å². The standard InChI is InChI=1S/C27H23F2N5O/c1-2-19-22(28)8-3-14-9-18(35)10-20(23(14)19)25-24(29)26-21(12-31-25)27(32-34(26)16-6-7-16)33-13-15-4-5-17(33)11-30-15/h1,3,8-10,12,15-17,30,35H,4-7,11,13H2/t15-,17-/m0/s1. The van der Waals surface area contributed by atoms with Crippen LogP contribution in [0.3, 0.4) is 0 Å². The Morgan fingerprint density at radius 2 is 1.94 bits per heavy atom. The van der Waals surface area contributed by atoms with Gasteiger partial charge in [0.25, 0.3) is 0 Å². The molecule has 8 rings (SSSR count). The number of terminal acetylenes is 1. The van der Waals surface area contributed by atoms with E-state index in [0.29, 0.717) is 33.8 Å². The van der Waals surface area contributed by atoms with Crippen LogP contribution in [0.2, 0.25) is 0 Å². The van der Waals surface area contributed by atoms with E-state index in [1.165, 1.54) is 24.3 Å². The zero-order chi connectivity index (χ0) is 23.8. The van der Waals surface area contributed by atoms with Gasteiger partial charge in [-0.25, -0.2) is 8.78 Å². The molecule has 2 aromatic carbocycles. The summed E-state index contributed by atoms with van der Waals surface area (Å²) in [7, 11) is 0. The Balaban J connectivity index is 1.48. The van der Waals surface area contributed by atoms with E-state index in [2.05, 4.69) is 21.1 Å². The first-order chi connectivity index (χ1) is 17.0. The van der Waals surface area contributed by atoms with Gasteiger partial charge < -0.3 is 15.3 Å². The number of pyridine rings is 1. The van der Waals surface area contributed by atoms with E-state index in [1.54, 1.807) is 10.9 Å². The van der Waals surface area contributed by atoms with Gasteiger partial charge in [0, 0.05) is 42.3 Å². The van der Waals surface area contributed by atoms with Gasteiger partial charge in [0.05, 0.1) is 17.0 Å². The first-order valence-electron chi connectivity index (χ1n) is 12.0. The Kier molecular flexibility index (Phi) is 4.37. The highest BCUT2D eigenvalue weighted by atomic mass is 19.1. The fourth-order valence-electron chi connectivity index (χ4n) is 5.78. The summed E-state index contributed by atoms with van der Waals surface area (Å²) in [5.74, 6) is 1.98. The molecule has 3 saturated heterocycles. The third kappa shape index (κ3) is 3.04. The van der Waals surface area contributed by atoms with Crippen LogP contribution in [0.25, 0.3) is 32.9 Å². The number of anilines is 1. The molecule has 35 heavy (non-hydrogen) atoms. The first-order valence-corrected chi connectivity index (χ1v) is 12.0. The maximum absolute atomic E-state index is 16.4. The molecule has 0 radical (unpaired) electrons. The monoisotopic (exact) mass is 471 g/mol. The number of rotatable bonds is 3. The molecule has 1 saturated carbocycles. The molecule has 0 unspecified atom stereocenters. The zero-order valence-corrected chi connectivity index (χ0v) is 18.9. The summed E-state index contributed by atoms with van der Waals surface area (Å²) in [4.78, 5) is 6.80. The van der Waals surface area contributed by atoms with Crippen molar-refractivity contribution >= 4 is 27.5 Å². The van der Waals surface area contributed by atoms with E-state index in [-0.39, 0.29) is 28.6 Å². The lowest BCUT2D eigenvalue weighted by Gasteiger charge is -2.46. The highest BCUT2D eigenvalue weighted by Gasteiger charge is 2.38. The van der Waals surface area contributed by atoms with Crippen LogP contribution in [-0.2, 0) is 0 Å². The lowest BCUT2D eigenvalue weighted by atomic mass is 9.93. The SMILES string of the molecule is C#Cc1c(F)ccc2cc(O)cc(-c3ncc4c(N5C[C@@H]6CC[C@H]5CN6)nn(C5CC5)c4c3F)c12. The van der Waals surface area contributed by atoms with Crippen molar-refractivity contribution in [3.8, 4) is 29.4 Å². The molecule has 4 aromatic rings. The maximum Gasteiger partial charge on any atom is 0.175 e. The minimum atomic E-state index is -0.576. The summed E-state index contributed by atoms with van der Waals surface area (Å²) in [5.41, 5.74) is 0.706. The van der Waals surface area contributed by atoms with Crippen molar-refractivity contribution < 1.29 is 13.9 Å². The Labute approximate surface area is 200 Å². The molecule has 0 amide bonds. The van der Waals surface area contributed by atoms with Gasteiger partial charge in [0.1, 0.15) is 22.8 Å². The second-order valence-corrected chi connectivity index (χ2v) is 9.83. The van der Waals surface area contributed by atoms with E-state index >= 15 is 4.39 Å². The number of halogens is 2. The summed E-state index contributed by atoms with van der Waals surface area (Å²) >= 11 is 0. The van der Waals surface area contributed by atoms with Crippen molar-refractivity contribution in [3.63, 3.8) is 0 Å². The maximum atomic E-state index is 16.4. The molecule has 5 heterocycles. The summed E-state index contributed by atoms with van der Waals surface area (Å²) < 4.78 is 32.8. The van der Waals surface area contributed by atoms with E-state index in [0.717, 1.165) is 44.6 Å². The number of phenolic OH excluding ortho intramolecular Hbond substituents is 1. The minimum absolute atomic E-state index is 0.0204. The number of nitrogens with one attached hydrogen (secondary N) is 1. The van der Waals surface area contributed by atoms with Gasteiger partial charge in [0.2, 0.25) is 0 Å². The number of piperazine rings is 1. The molecule has 6 nitrogen and oxygen atoms in total. The number of aromatic nitrogens is 3. The van der Waals surface area contributed by atoms with Crippen LogP contribution in [0.5, 0.6) is 5.75 Å². The quantitative estimate of drug-likeness (QED) is 0.431.